The molecule has 0 unspecified atom stereocenters. The van der Waals surface area contributed by atoms with Gasteiger partial charge < -0.3 is 15.4 Å². The lowest BCUT2D eigenvalue weighted by molar-refractivity contribution is 0.0948. The number of ether oxygens (including phenoxy) is 1. The van der Waals surface area contributed by atoms with Gasteiger partial charge in [-0.15, -0.1) is 5.10 Å². The fourth-order valence-corrected chi connectivity index (χ4v) is 3.29. The second-order valence-corrected chi connectivity index (χ2v) is 6.60. The molecular formula is C20H22N6O3. The zero-order chi connectivity index (χ0) is 20.4. The van der Waals surface area contributed by atoms with Gasteiger partial charge in [-0.2, -0.15) is 4.98 Å². The van der Waals surface area contributed by atoms with Crippen LogP contribution in [-0.4, -0.2) is 46.2 Å². The smallest absolute Gasteiger partial charge is 0.321 e. The highest BCUT2D eigenvalue weighted by atomic mass is 16.5. The highest BCUT2D eigenvalue weighted by molar-refractivity contribution is 5.95. The third-order valence-corrected chi connectivity index (χ3v) is 4.59. The van der Waals surface area contributed by atoms with Gasteiger partial charge in [0.25, 0.3) is 11.9 Å². The third kappa shape index (κ3) is 3.71. The van der Waals surface area contributed by atoms with E-state index in [4.69, 9.17) is 4.74 Å². The zero-order valence-corrected chi connectivity index (χ0v) is 16.3. The van der Waals surface area contributed by atoms with E-state index in [0.29, 0.717) is 31.0 Å². The molecular weight excluding hydrogens is 372 g/mol. The Balaban J connectivity index is 1.79. The highest BCUT2D eigenvalue weighted by Crippen LogP contribution is 2.31. The Bertz CT molecular complexity index is 1090. The van der Waals surface area contributed by atoms with Gasteiger partial charge in [-0.25, -0.2) is 9.31 Å². The fraction of sp³-hybridized carbons (Fsp3) is 0.300. The summed E-state index contributed by atoms with van der Waals surface area (Å²) in [6.07, 6.45) is 0.861. The first-order valence-corrected chi connectivity index (χ1v) is 9.59. The van der Waals surface area contributed by atoms with Crippen LogP contribution in [0, 0.1) is 0 Å². The van der Waals surface area contributed by atoms with Crippen LogP contribution in [0.5, 0.6) is 5.75 Å². The molecule has 3 heterocycles. The van der Waals surface area contributed by atoms with Crippen molar-refractivity contribution in [3.8, 4) is 16.9 Å². The van der Waals surface area contributed by atoms with E-state index in [1.54, 1.807) is 6.07 Å². The first kappa shape index (κ1) is 18.7. The van der Waals surface area contributed by atoms with E-state index in [0.717, 1.165) is 28.9 Å². The van der Waals surface area contributed by atoms with E-state index in [-0.39, 0.29) is 11.9 Å². The molecule has 150 valence electrons. The molecule has 0 aliphatic carbocycles. The van der Waals surface area contributed by atoms with Crippen molar-refractivity contribution in [2.24, 2.45) is 0 Å². The quantitative estimate of drug-likeness (QED) is 0.615. The number of nitrogens with one attached hydrogen (secondary N) is 3. The average molecular weight is 394 g/mol. The standard InChI is InChI=1S/C20H22N6O3/c1-3-21-18(27)15-10-14(12-5-6-16-13(9-12)7-8-29-16)11-17-23-19(25-26(15)17)24-20(28)22-4-2/h5-6,9-11H,3-4,7-8H2,1-2H3,(H,21,27)(H2,22,24,25,28). The summed E-state index contributed by atoms with van der Waals surface area (Å²) in [5.74, 6) is 0.758. The highest BCUT2D eigenvalue weighted by Gasteiger charge is 2.18. The Morgan fingerprint density at radius 3 is 2.72 bits per heavy atom. The maximum absolute atomic E-state index is 12.6. The lowest BCUT2D eigenvalue weighted by atomic mass is 10.0. The van der Waals surface area contributed by atoms with Crippen LogP contribution in [0.4, 0.5) is 10.7 Å². The van der Waals surface area contributed by atoms with Gasteiger partial charge in [0.1, 0.15) is 11.4 Å². The minimum atomic E-state index is -0.401. The minimum Gasteiger partial charge on any atom is -0.493 e. The van der Waals surface area contributed by atoms with E-state index < -0.39 is 6.03 Å². The van der Waals surface area contributed by atoms with E-state index in [1.165, 1.54) is 4.52 Å². The summed E-state index contributed by atoms with van der Waals surface area (Å²) in [6, 6.07) is 9.19. The number of anilines is 1. The summed E-state index contributed by atoms with van der Waals surface area (Å²) in [5.41, 5.74) is 3.75. The molecule has 0 fully saturated rings. The number of fused-ring (bicyclic) bond motifs is 2. The molecule has 9 nitrogen and oxygen atoms in total. The van der Waals surface area contributed by atoms with Crippen molar-refractivity contribution in [3.05, 3.63) is 41.6 Å². The van der Waals surface area contributed by atoms with Crippen LogP contribution in [0.25, 0.3) is 16.8 Å². The number of amides is 3. The van der Waals surface area contributed by atoms with Crippen LogP contribution in [0.2, 0.25) is 0 Å². The van der Waals surface area contributed by atoms with Crippen molar-refractivity contribution in [2.75, 3.05) is 25.0 Å². The van der Waals surface area contributed by atoms with Gasteiger partial charge in [0.05, 0.1) is 6.61 Å². The molecule has 3 N–H and O–H groups in total. The number of hydrogen-bond donors (Lipinski definition) is 3. The van der Waals surface area contributed by atoms with Crippen LogP contribution in [-0.2, 0) is 6.42 Å². The first-order chi connectivity index (χ1) is 14.1. The molecule has 1 aliphatic heterocycles. The average Bonchev–Trinajstić information content (AvgIpc) is 3.32. The van der Waals surface area contributed by atoms with Crippen LogP contribution >= 0.6 is 0 Å². The number of carbonyl (C=O) groups is 2. The van der Waals surface area contributed by atoms with E-state index in [2.05, 4.69) is 32.1 Å². The van der Waals surface area contributed by atoms with Crippen molar-refractivity contribution in [2.45, 2.75) is 20.3 Å². The first-order valence-electron chi connectivity index (χ1n) is 9.59. The van der Waals surface area contributed by atoms with Crippen molar-refractivity contribution < 1.29 is 14.3 Å². The minimum absolute atomic E-state index is 0.126. The maximum Gasteiger partial charge on any atom is 0.321 e. The molecule has 29 heavy (non-hydrogen) atoms. The summed E-state index contributed by atoms with van der Waals surface area (Å²) in [4.78, 5) is 28.8. The van der Waals surface area contributed by atoms with Crippen LogP contribution < -0.4 is 20.7 Å². The summed E-state index contributed by atoms with van der Waals surface area (Å²) in [7, 11) is 0. The number of aromatic nitrogens is 3. The van der Waals surface area contributed by atoms with Crippen molar-refractivity contribution in [1.82, 2.24) is 25.2 Å². The lowest BCUT2D eigenvalue weighted by Crippen LogP contribution is -2.28. The molecule has 0 bridgehead atoms. The Kier molecular flexibility index (Phi) is 5.03. The fourth-order valence-electron chi connectivity index (χ4n) is 3.29. The van der Waals surface area contributed by atoms with Crippen molar-refractivity contribution >= 4 is 23.5 Å². The second-order valence-electron chi connectivity index (χ2n) is 6.60. The van der Waals surface area contributed by atoms with Gasteiger partial charge >= 0.3 is 6.03 Å². The summed E-state index contributed by atoms with van der Waals surface area (Å²) < 4.78 is 7.01. The number of urea groups is 1. The van der Waals surface area contributed by atoms with Crippen LogP contribution in [0.3, 0.4) is 0 Å². The number of nitrogens with zero attached hydrogens (tertiary/aromatic N) is 3. The number of hydrogen-bond acceptors (Lipinski definition) is 5. The number of carbonyl (C=O) groups excluding carboxylic acids is 2. The van der Waals surface area contributed by atoms with Gasteiger partial charge in [-0.05, 0) is 54.8 Å². The normalized spacial score (nSPS) is 12.3. The maximum atomic E-state index is 12.6. The SMILES string of the molecule is CCNC(=O)Nc1nc2cc(-c3ccc4c(c3)CCO4)cc(C(=O)NCC)n2n1. The molecule has 1 aromatic carbocycles. The van der Waals surface area contributed by atoms with Crippen LogP contribution in [0.15, 0.2) is 30.3 Å². The number of benzene rings is 1. The molecule has 3 amide bonds. The molecule has 9 heteroatoms. The molecule has 3 aromatic rings. The molecule has 0 radical (unpaired) electrons. The molecule has 0 saturated carbocycles. The predicted octanol–water partition coefficient (Wildman–Crippen LogP) is 2.22. The number of rotatable bonds is 5. The van der Waals surface area contributed by atoms with Gasteiger partial charge in [0.15, 0.2) is 5.65 Å². The molecule has 4 rings (SSSR count). The summed E-state index contributed by atoms with van der Waals surface area (Å²) in [6.45, 7) is 5.32. The van der Waals surface area contributed by atoms with E-state index in [9.17, 15) is 9.59 Å². The van der Waals surface area contributed by atoms with Gasteiger partial charge in [-0.1, -0.05) is 6.07 Å². The molecule has 0 saturated heterocycles. The van der Waals surface area contributed by atoms with Crippen molar-refractivity contribution in [1.29, 1.82) is 0 Å². The molecule has 0 spiro atoms. The molecule has 2 aromatic heterocycles. The molecule has 1 aliphatic rings. The number of pyridine rings is 1. The largest absolute Gasteiger partial charge is 0.493 e. The van der Waals surface area contributed by atoms with Gasteiger partial charge in [-0.3, -0.25) is 10.1 Å². The third-order valence-electron chi connectivity index (χ3n) is 4.59. The summed E-state index contributed by atoms with van der Waals surface area (Å²) >= 11 is 0. The van der Waals surface area contributed by atoms with Gasteiger partial charge in [0, 0.05) is 19.5 Å². The van der Waals surface area contributed by atoms with E-state index in [1.807, 2.05) is 32.0 Å². The Hall–Kier alpha value is -3.62. The Labute approximate surface area is 167 Å². The van der Waals surface area contributed by atoms with Gasteiger partial charge in [0.2, 0.25) is 0 Å². The Morgan fingerprint density at radius 1 is 1.10 bits per heavy atom. The summed E-state index contributed by atoms with van der Waals surface area (Å²) in [5, 5.41) is 12.3. The molecule has 0 atom stereocenters. The van der Waals surface area contributed by atoms with Crippen LogP contribution in [0.1, 0.15) is 29.9 Å². The predicted molar refractivity (Wildman–Crippen MR) is 108 cm³/mol. The van der Waals surface area contributed by atoms with E-state index >= 15 is 0 Å². The topological polar surface area (TPSA) is 110 Å². The Morgan fingerprint density at radius 2 is 1.93 bits per heavy atom. The second kappa shape index (κ2) is 7.78. The van der Waals surface area contributed by atoms with Crippen molar-refractivity contribution in [3.63, 3.8) is 0 Å². The monoisotopic (exact) mass is 394 g/mol. The lowest BCUT2D eigenvalue weighted by Gasteiger charge is -2.09. The zero-order valence-electron chi connectivity index (χ0n) is 16.3.